The van der Waals surface area contributed by atoms with Gasteiger partial charge < -0.3 is 15.0 Å². The smallest absolute Gasteiger partial charge is 0.251 e. The number of hydrogen-bond donors (Lipinski definition) is 1. The Morgan fingerprint density at radius 2 is 1.56 bits per heavy atom. The van der Waals surface area contributed by atoms with Gasteiger partial charge in [0.25, 0.3) is 5.91 Å². The molecule has 1 N–H and O–H groups in total. The maximum absolute atomic E-state index is 12.8. The van der Waals surface area contributed by atoms with Gasteiger partial charge in [0, 0.05) is 57.1 Å². The number of sulfonamides is 2. The molecule has 0 radical (unpaired) electrons. The summed E-state index contributed by atoms with van der Waals surface area (Å²) in [5, 5.41) is 2.63. The molecule has 0 aliphatic carbocycles. The summed E-state index contributed by atoms with van der Waals surface area (Å²) in [5.41, 5.74) is 2.51. The standard InChI is InChI=1S/C24H32N4O6S2/c1-20-3-2-4-22(19-20)26-10-12-27(13-11-26)35(30,31)18-9-25-24(29)21-5-7-23(8-6-21)36(32,33)28-14-16-34-17-15-28/h2-8,19H,9-18H2,1H3,(H,25,29). The van der Waals surface area contributed by atoms with Crippen LogP contribution in [0.15, 0.2) is 53.4 Å². The molecular weight excluding hydrogens is 504 g/mol. The molecule has 12 heteroatoms. The van der Waals surface area contributed by atoms with Crippen molar-refractivity contribution in [3.63, 3.8) is 0 Å². The lowest BCUT2D eigenvalue weighted by atomic mass is 10.2. The largest absolute Gasteiger partial charge is 0.379 e. The number of rotatable bonds is 8. The number of carbonyl (C=O) groups excluding carboxylic acids is 1. The van der Waals surface area contributed by atoms with Gasteiger partial charge in [-0.2, -0.15) is 8.61 Å². The van der Waals surface area contributed by atoms with Crippen LogP contribution in [0.5, 0.6) is 0 Å². The number of hydrogen-bond acceptors (Lipinski definition) is 7. The molecule has 0 saturated carbocycles. The molecule has 196 valence electrons. The van der Waals surface area contributed by atoms with E-state index in [1.807, 2.05) is 25.1 Å². The minimum atomic E-state index is -3.64. The molecule has 2 aliphatic heterocycles. The van der Waals surface area contributed by atoms with Crippen LogP contribution in [-0.2, 0) is 24.8 Å². The first-order valence-corrected chi connectivity index (χ1v) is 15.0. The van der Waals surface area contributed by atoms with E-state index in [-0.39, 0.29) is 22.8 Å². The topological polar surface area (TPSA) is 116 Å². The molecule has 4 rings (SSSR count). The molecule has 10 nitrogen and oxygen atoms in total. The summed E-state index contributed by atoms with van der Waals surface area (Å²) >= 11 is 0. The molecule has 2 aromatic rings. The predicted octanol–water partition coefficient (Wildman–Crippen LogP) is 0.898. The molecule has 2 aromatic carbocycles. The third-order valence-electron chi connectivity index (χ3n) is 6.37. The summed E-state index contributed by atoms with van der Waals surface area (Å²) in [6, 6.07) is 13.8. The molecule has 0 bridgehead atoms. The van der Waals surface area contributed by atoms with Crippen LogP contribution in [-0.4, -0.2) is 96.1 Å². The number of piperazine rings is 1. The Morgan fingerprint density at radius 1 is 0.889 bits per heavy atom. The van der Waals surface area contributed by atoms with Crippen molar-refractivity contribution >= 4 is 31.6 Å². The van der Waals surface area contributed by atoms with Gasteiger partial charge in [0.15, 0.2) is 0 Å². The quantitative estimate of drug-likeness (QED) is 0.533. The van der Waals surface area contributed by atoms with E-state index in [1.165, 1.54) is 32.9 Å². The molecule has 0 atom stereocenters. The Hall–Kier alpha value is -2.51. The van der Waals surface area contributed by atoms with Gasteiger partial charge in [0.2, 0.25) is 20.0 Å². The zero-order valence-electron chi connectivity index (χ0n) is 20.3. The van der Waals surface area contributed by atoms with Gasteiger partial charge in [-0.1, -0.05) is 12.1 Å². The van der Waals surface area contributed by atoms with Crippen LogP contribution < -0.4 is 10.2 Å². The molecule has 0 unspecified atom stereocenters. The second kappa shape index (κ2) is 11.3. The van der Waals surface area contributed by atoms with Crippen molar-refractivity contribution in [2.45, 2.75) is 11.8 Å². The summed E-state index contributed by atoms with van der Waals surface area (Å²) in [7, 11) is -7.16. The van der Waals surface area contributed by atoms with E-state index in [4.69, 9.17) is 4.74 Å². The van der Waals surface area contributed by atoms with E-state index >= 15 is 0 Å². The number of carbonyl (C=O) groups is 1. The van der Waals surface area contributed by atoms with E-state index in [2.05, 4.69) is 16.3 Å². The monoisotopic (exact) mass is 536 g/mol. The molecule has 2 saturated heterocycles. The zero-order valence-corrected chi connectivity index (χ0v) is 21.9. The number of benzene rings is 2. The van der Waals surface area contributed by atoms with Crippen molar-refractivity contribution in [3.8, 4) is 0 Å². The van der Waals surface area contributed by atoms with E-state index in [1.54, 1.807) is 0 Å². The van der Waals surface area contributed by atoms with Gasteiger partial charge in [-0.05, 0) is 48.9 Å². The summed E-state index contributed by atoms with van der Waals surface area (Å²) in [4.78, 5) is 14.8. The Balaban J connectivity index is 1.26. The molecular formula is C24H32N4O6S2. The number of anilines is 1. The van der Waals surface area contributed by atoms with E-state index in [0.29, 0.717) is 52.5 Å². The normalized spacial score (nSPS) is 18.2. The number of morpholine rings is 1. The minimum Gasteiger partial charge on any atom is -0.379 e. The van der Waals surface area contributed by atoms with Gasteiger partial charge in [0.05, 0.1) is 23.9 Å². The van der Waals surface area contributed by atoms with Crippen molar-refractivity contribution in [2.75, 3.05) is 69.7 Å². The lowest BCUT2D eigenvalue weighted by molar-refractivity contribution is 0.0730. The van der Waals surface area contributed by atoms with Crippen LogP contribution in [0.3, 0.4) is 0 Å². The Bertz CT molecular complexity index is 1270. The highest BCUT2D eigenvalue weighted by atomic mass is 32.2. The molecule has 2 fully saturated rings. The summed E-state index contributed by atoms with van der Waals surface area (Å²) < 4.78 is 59.0. The van der Waals surface area contributed by atoms with Gasteiger partial charge in [0.1, 0.15) is 0 Å². The van der Waals surface area contributed by atoms with Gasteiger partial charge >= 0.3 is 0 Å². The number of nitrogens with zero attached hydrogens (tertiary/aromatic N) is 3. The first kappa shape index (κ1) is 26.6. The van der Waals surface area contributed by atoms with Crippen molar-refractivity contribution in [2.24, 2.45) is 0 Å². The fourth-order valence-electron chi connectivity index (χ4n) is 4.29. The maximum atomic E-state index is 12.8. The van der Waals surface area contributed by atoms with Crippen molar-refractivity contribution in [3.05, 3.63) is 59.7 Å². The Kier molecular flexibility index (Phi) is 8.30. The maximum Gasteiger partial charge on any atom is 0.251 e. The first-order chi connectivity index (χ1) is 17.2. The van der Waals surface area contributed by atoms with E-state index < -0.39 is 26.0 Å². The van der Waals surface area contributed by atoms with Crippen LogP contribution in [0, 0.1) is 6.92 Å². The molecule has 0 spiro atoms. The third-order valence-corrected chi connectivity index (χ3v) is 10.2. The SMILES string of the molecule is Cc1cccc(N2CCN(S(=O)(=O)CCNC(=O)c3ccc(S(=O)(=O)N4CCOCC4)cc3)CC2)c1. The van der Waals surface area contributed by atoms with Gasteiger partial charge in [-0.25, -0.2) is 16.8 Å². The fourth-order valence-corrected chi connectivity index (χ4v) is 7.03. The second-order valence-corrected chi connectivity index (χ2v) is 12.9. The highest BCUT2D eigenvalue weighted by Gasteiger charge is 2.28. The summed E-state index contributed by atoms with van der Waals surface area (Å²) in [6.45, 7) is 5.28. The van der Waals surface area contributed by atoms with Crippen LogP contribution in [0.4, 0.5) is 5.69 Å². The van der Waals surface area contributed by atoms with E-state index in [9.17, 15) is 21.6 Å². The lowest BCUT2D eigenvalue weighted by Gasteiger charge is -2.35. The molecule has 36 heavy (non-hydrogen) atoms. The fraction of sp³-hybridized carbons (Fsp3) is 0.458. The Morgan fingerprint density at radius 3 is 2.19 bits per heavy atom. The predicted molar refractivity (Wildman–Crippen MR) is 137 cm³/mol. The van der Waals surface area contributed by atoms with E-state index in [0.717, 1.165) is 11.3 Å². The van der Waals surface area contributed by atoms with Crippen LogP contribution in [0.25, 0.3) is 0 Å². The van der Waals surface area contributed by atoms with Crippen LogP contribution >= 0.6 is 0 Å². The third kappa shape index (κ3) is 6.24. The molecule has 2 aliphatic rings. The zero-order chi connectivity index (χ0) is 25.8. The minimum absolute atomic E-state index is 0.0346. The summed E-state index contributed by atoms with van der Waals surface area (Å²) in [6.07, 6.45) is 0. The average Bonchev–Trinajstić information content (AvgIpc) is 2.89. The average molecular weight is 537 g/mol. The highest BCUT2D eigenvalue weighted by molar-refractivity contribution is 7.89. The Labute approximate surface area is 212 Å². The van der Waals surface area contributed by atoms with Gasteiger partial charge in [-0.3, -0.25) is 4.79 Å². The van der Waals surface area contributed by atoms with Crippen LogP contribution in [0.2, 0.25) is 0 Å². The second-order valence-electron chi connectivity index (χ2n) is 8.84. The number of ether oxygens (including phenoxy) is 1. The van der Waals surface area contributed by atoms with Crippen molar-refractivity contribution in [1.82, 2.24) is 13.9 Å². The first-order valence-electron chi connectivity index (χ1n) is 11.9. The number of nitrogens with one attached hydrogen (secondary N) is 1. The molecule has 1 amide bonds. The molecule has 2 heterocycles. The van der Waals surface area contributed by atoms with Gasteiger partial charge in [-0.15, -0.1) is 0 Å². The summed E-state index contributed by atoms with van der Waals surface area (Å²) in [5.74, 6) is -0.656. The van der Waals surface area contributed by atoms with Crippen LogP contribution in [0.1, 0.15) is 15.9 Å². The number of aryl methyl sites for hydroxylation is 1. The van der Waals surface area contributed by atoms with Crippen molar-refractivity contribution in [1.29, 1.82) is 0 Å². The molecule has 0 aromatic heterocycles. The van der Waals surface area contributed by atoms with Crippen molar-refractivity contribution < 1.29 is 26.4 Å². The number of amides is 1. The highest BCUT2D eigenvalue weighted by Crippen LogP contribution is 2.20. The lowest BCUT2D eigenvalue weighted by Crippen LogP contribution is -2.50.